The van der Waals surface area contributed by atoms with Gasteiger partial charge in [-0.05, 0) is 44.7 Å². The average Bonchev–Trinajstić information content (AvgIpc) is 2.47. The number of carbonyl (C=O) groups is 1. The molecule has 4 nitrogen and oxygen atoms in total. The lowest BCUT2D eigenvalue weighted by Crippen LogP contribution is -2.53. The monoisotopic (exact) mass is 275 g/mol. The molecule has 4 heteroatoms. The van der Waals surface area contributed by atoms with Gasteiger partial charge in [0, 0.05) is 43.5 Å². The minimum atomic E-state index is 0.149. The molecule has 0 spiro atoms. The van der Waals surface area contributed by atoms with Crippen LogP contribution in [0.3, 0.4) is 0 Å². The van der Waals surface area contributed by atoms with Crippen molar-refractivity contribution in [2.45, 2.75) is 26.8 Å². The van der Waals surface area contributed by atoms with Crippen molar-refractivity contribution in [3.05, 3.63) is 29.8 Å². The van der Waals surface area contributed by atoms with E-state index in [2.05, 4.69) is 31.0 Å². The third-order valence-corrected chi connectivity index (χ3v) is 3.97. The normalized spacial score (nSPS) is 19.9. The molecule has 0 aliphatic carbocycles. The van der Waals surface area contributed by atoms with Crippen LogP contribution in [0.1, 0.15) is 31.1 Å². The van der Waals surface area contributed by atoms with Gasteiger partial charge < -0.3 is 10.2 Å². The molecule has 2 rings (SSSR count). The summed E-state index contributed by atoms with van der Waals surface area (Å²) >= 11 is 0. The lowest BCUT2D eigenvalue weighted by molar-refractivity contribution is 0.0528. The van der Waals surface area contributed by atoms with Crippen LogP contribution < -0.4 is 5.32 Å². The summed E-state index contributed by atoms with van der Waals surface area (Å²) in [6.45, 7) is 11.0. The maximum absolute atomic E-state index is 12.5. The van der Waals surface area contributed by atoms with Gasteiger partial charge in [-0.2, -0.15) is 0 Å². The Morgan fingerprint density at radius 3 is 2.50 bits per heavy atom. The van der Waals surface area contributed by atoms with Crippen molar-refractivity contribution in [2.75, 3.05) is 38.0 Å². The Bertz CT molecular complexity index is 444. The van der Waals surface area contributed by atoms with Crippen molar-refractivity contribution in [2.24, 2.45) is 0 Å². The van der Waals surface area contributed by atoms with Gasteiger partial charge in [0.2, 0.25) is 0 Å². The number of amides is 1. The second-order valence-electron chi connectivity index (χ2n) is 5.34. The molecule has 0 aromatic heterocycles. The summed E-state index contributed by atoms with van der Waals surface area (Å²) in [6.07, 6.45) is 0. The molecule has 1 aliphatic rings. The van der Waals surface area contributed by atoms with Gasteiger partial charge in [-0.1, -0.05) is 6.92 Å². The van der Waals surface area contributed by atoms with Crippen LogP contribution >= 0.6 is 0 Å². The van der Waals surface area contributed by atoms with Crippen molar-refractivity contribution in [1.29, 1.82) is 0 Å². The number of hydrogen-bond acceptors (Lipinski definition) is 3. The summed E-state index contributed by atoms with van der Waals surface area (Å²) in [4.78, 5) is 16.9. The summed E-state index contributed by atoms with van der Waals surface area (Å²) in [7, 11) is 0. The van der Waals surface area contributed by atoms with E-state index in [0.717, 1.165) is 44.0 Å². The number of carbonyl (C=O) groups excluding carboxylic acids is 1. The standard InChI is InChI=1S/C16H25N3O/c1-4-17-15-8-6-14(7-9-15)16(20)19-11-10-18(5-2)13(3)12-19/h6-9,13,17H,4-5,10-12H2,1-3H3. The zero-order valence-corrected chi connectivity index (χ0v) is 12.7. The van der Waals surface area contributed by atoms with Gasteiger partial charge in [0.1, 0.15) is 0 Å². The first-order valence-corrected chi connectivity index (χ1v) is 7.53. The Labute approximate surface area is 121 Å². The predicted molar refractivity (Wildman–Crippen MR) is 83.2 cm³/mol. The van der Waals surface area contributed by atoms with Crippen LogP contribution in [-0.2, 0) is 0 Å². The molecular weight excluding hydrogens is 250 g/mol. The van der Waals surface area contributed by atoms with Crippen LogP contribution in [0, 0.1) is 0 Å². The minimum Gasteiger partial charge on any atom is -0.385 e. The maximum atomic E-state index is 12.5. The van der Waals surface area contributed by atoms with E-state index in [1.54, 1.807) is 0 Å². The van der Waals surface area contributed by atoms with Gasteiger partial charge in [-0.25, -0.2) is 0 Å². The summed E-state index contributed by atoms with van der Waals surface area (Å²) in [6, 6.07) is 8.22. The molecule has 20 heavy (non-hydrogen) atoms. The Morgan fingerprint density at radius 2 is 1.95 bits per heavy atom. The van der Waals surface area contributed by atoms with Gasteiger partial charge in [0.25, 0.3) is 5.91 Å². The fourth-order valence-corrected chi connectivity index (χ4v) is 2.77. The average molecular weight is 275 g/mol. The molecular formula is C16H25N3O. The Hall–Kier alpha value is -1.55. The molecule has 1 aromatic rings. The lowest BCUT2D eigenvalue weighted by Gasteiger charge is -2.39. The number of piperazine rings is 1. The van der Waals surface area contributed by atoms with E-state index in [9.17, 15) is 4.79 Å². The van der Waals surface area contributed by atoms with Crippen LogP contribution in [0.25, 0.3) is 0 Å². The van der Waals surface area contributed by atoms with Crippen molar-refractivity contribution >= 4 is 11.6 Å². The van der Waals surface area contributed by atoms with E-state index < -0.39 is 0 Å². The van der Waals surface area contributed by atoms with E-state index in [-0.39, 0.29) is 5.91 Å². The van der Waals surface area contributed by atoms with Crippen molar-refractivity contribution in [3.8, 4) is 0 Å². The largest absolute Gasteiger partial charge is 0.385 e. The molecule has 110 valence electrons. The highest BCUT2D eigenvalue weighted by Gasteiger charge is 2.26. The molecule has 1 fully saturated rings. The van der Waals surface area contributed by atoms with Crippen LogP contribution in [-0.4, -0.2) is 54.5 Å². The molecule has 0 bridgehead atoms. The highest BCUT2D eigenvalue weighted by molar-refractivity contribution is 5.94. The summed E-state index contributed by atoms with van der Waals surface area (Å²) in [5, 5.41) is 3.24. The van der Waals surface area contributed by atoms with Crippen LogP contribution in [0.5, 0.6) is 0 Å². The fraction of sp³-hybridized carbons (Fsp3) is 0.562. The first kappa shape index (κ1) is 14.9. The minimum absolute atomic E-state index is 0.149. The SMILES string of the molecule is CCNc1ccc(C(=O)N2CCN(CC)C(C)C2)cc1. The quantitative estimate of drug-likeness (QED) is 0.915. The van der Waals surface area contributed by atoms with Crippen molar-refractivity contribution < 1.29 is 4.79 Å². The summed E-state index contributed by atoms with van der Waals surface area (Å²) < 4.78 is 0. The second-order valence-corrected chi connectivity index (χ2v) is 5.34. The predicted octanol–water partition coefficient (Wildman–Crippen LogP) is 2.28. The van der Waals surface area contributed by atoms with Crippen LogP contribution in [0.4, 0.5) is 5.69 Å². The second kappa shape index (κ2) is 6.75. The summed E-state index contributed by atoms with van der Waals surface area (Å²) in [5.41, 5.74) is 1.84. The van der Waals surface area contributed by atoms with Crippen molar-refractivity contribution in [1.82, 2.24) is 9.80 Å². The number of nitrogens with zero attached hydrogens (tertiary/aromatic N) is 2. The van der Waals surface area contributed by atoms with Gasteiger partial charge in [0.05, 0.1) is 0 Å². The molecule has 0 saturated carbocycles. The zero-order valence-electron chi connectivity index (χ0n) is 12.7. The van der Waals surface area contributed by atoms with Gasteiger partial charge in [-0.3, -0.25) is 9.69 Å². The topological polar surface area (TPSA) is 35.6 Å². The van der Waals surface area contributed by atoms with Crippen LogP contribution in [0.15, 0.2) is 24.3 Å². The molecule has 1 heterocycles. The van der Waals surface area contributed by atoms with E-state index >= 15 is 0 Å². The molecule has 1 aliphatic heterocycles. The van der Waals surface area contributed by atoms with Crippen LogP contribution in [0.2, 0.25) is 0 Å². The zero-order chi connectivity index (χ0) is 14.5. The molecule has 1 N–H and O–H groups in total. The number of hydrogen-bond donors (Lipinski definition) is 1. The first-order chi connectivity index (χ1) is 9.65. The maximum Gasteiger partial charge on any atom is 0.253 e. The number of rotatable bonds is 4. The third kappa shape index (κ3) is 3.31. The first-order valence-electron chi connectivity index (χ1n) is 7.53. The molecule has 1 aromatic carbocycles. The lowest BCUT2D eigenvalue weighted by atomic mass is 10.1. The van der Waals surface area contributed by atoms with E-state index in [0.29, 0.717) is 6.04 Å². The number of anilines is 1. The molecule has 1 unspecified atom stereocenters. The molecule has 1 amide bonds. The van der Waals surface area contributed by atoms with Crippen molar-refractivity contribution in [3.63, 3.8) is 0 Å². The third-order valence-electron chi connectivity index (χ3n) is 3.97. The fourth-order valence-electron chi connectivity index (χ4n) is 2.77. The van der Waals surface area contributed by atoms with Gasteiger partial charge >= 0.3 is 0 Å². The smallest absolute Gasteiger partial charge is 0.253 e. The van der Waals surface area contributed by atoms with E-state index in [1.165, 1.54) is 0 Å². The Kier molecular flexibility index (Phi) is 5.01. The molecule has 1 saturated heterocycles. The van der Waals surface area contributed by atoms with E-state index in [4.69, 9.17) is 0 Å². The highest BCUT2D eigenvalue weighted by Crippen LogP contribution is 2.15. The Morgan fingerprint density at radius 1 is 1.25 bits per heavy atom. The van der Waals surface area contributed by atoms with Gasteiger partial charge in [0.15, 0.2) is 0 Å². The Balaban J connectivity index is 2.00. The van der Waals surface area contributed by atoms with Gasteiger partial charge in [-0.15, -0.1) is 0 Å². The highest BCUT2D eigenvalue weighted by atomic mass is 16.2. The molecule has 1 atom stereocenters. The number of nitrogens with one attached hydrogen (secondary N) is 1. The number of benzene rings is 1. The number of likely N-dealkylation sites (N-methyl/N-ethyl adjacent to an activating group) is 1. The molecule has 0 radical (unpaired) electrons. The van der Waals surface area contributed by atoms with E-state index in [1.807, 2.05) is 29.2 Å². The summed E-state index contributed by atoms with van der Waals surface area (Å²) in [5.74, 6) is 0.149.